The molecule has 0 spiro atoms. The van der Waals surface area contributed by atoms with Crippen LogP contribution in [0.25, 0.3) is 0 Å². The van der Waals surface area contributed by atoms with Crippen molar-refractivity contribution in [3.63, 3.8) is 0 Å². The number of hydrogen-bond donors (Lipinski definition) is 2. The lowest BCUT2D eigenvalue weighted by molar-refractivity contribution is -0.136. The fraction of sp³-hybridized carbons (Fsp3) is 0.167. The fourth-order valence-electron chi connectivity index (χ4n) is 1.55. The zero-order valence-corrected chi connectivity index (χ0v) is 10.1. The summed E-state index contributed by atoms with van der Waals surface area (Å²) in [4.78, 5) is 0.972. The Labute approximate surface area is 106 Å². The minimum Gasteiger partial charge on any atom is -0.399 e. The molecule has 0 aliphatic rings. The van der Waals surface area contributed by atoms with E-state index in [9.17, 15) is 13.2 Å². The van der Waals surface area contributed by atoms with E-state index < -0.39 is 11.7 Å². The van der Waals surface area contributed by atoms with Crippen LogP contribution in [0.5, 0.6) is 0 Å². The van der Waals surface area contributed by atoms with E-state index in [4.69, 9.17) is 5.73 Å². The number of benzene rings is 1. The van der Waals surface area contributed by atoms with Gasteiger partial charge in [-0.05, 0) is 29.6 Å². The smallest absolute Gasteiger partial charge is 0.399 e. The summed E-state index contributed by atoms with van der Waals surface area (Å²) in [6.45, 7) is 0.366. The van der Waals surface area contributed by atoms with E-state index in [-0.39, 0.29) is 11.4 Å². The van der Waals surface area contributed by atoms with E-state index >= 15 is 0 Å². The second-order valence-corrected chi connectivity index (χ2v) is 4.77. The highest BCUT2D eigenvalue weighted by Gasteiger charge is 2.33. The van der Waals surface area contributed by atoms with Crippen molar-refractivity contribution in [1.82, 2.24) is 0 Å². The first-order chi connectivity index (χ1) is 8.47. The highest BCUT2D eigenvalue weighted by molar-refractivity contribution is 7.09. The molecule has 0 fully saturated rings. The van der Waals surface area contributed by atoms with Gasteiger partial charge in [0, 0.05) is 22.8 Å². The molecule has 1 aromatic carbocycles. The summed E-state index contributed by atoms with van der Waals surface area (Å²) in [5.41, 5.74) is 4.80. The summed E-state index contributed by atoms with van der Waals surface area (Å²) < 4.78 is 38.4. The Morgan fingerprint density at radius 2 is 2.00 bits per heavy atom. The fourth-order valence-corrected chi connectivity index (χ4v) is 2.19. The van der Waals surface area contributed by atoms with Crippen molar-refractivity contribution in [2.24, 2.45) is 0 Å². The maximum Gasteiger partial charge on any atom is 0.418 e. The molecular weight excluding hydrogens is 261 g/mol. The SMILES string of the molecule is Nc1ccc(NCc2cccs2)c(C(F)(F)F)c1. The van der Waals surface area contributed by atoms with Crippen molar-refractivity contribution in [3.05, 3.63) is 46.2 Å². The summed E-state index contributed by atoms with van der Waals surface area (Å²) in [5.74, 6) is 0. The van der Waals surface area contributed by atoms with Gasteiger partial charge in [0.25, 0.3) is 0 Å². The van der Waals surface area contributed by atoms with Crippen LogP contribution < -0.4 is 11.1 Å². The lowest BCUT2D eigenvalue weighted by Crippen LogP contribution is -2.11. The van der Waals surface area contributed by atoms with Crippen molar-refractivity contribution in [1.29, 1.82) is 0 Å². The zero-order chi connectivity index (χ0) is 13.2. The van der Waals surface area contributed by atoms with Gasteiger partial charge in [0.05, 0.1) is 5.56 Å². The van der Waals surface area contributed by atoms with Gasteiger partial charge < -0.3 is 11.1 Å². The van der Waals surface area contributed by atoms with Gasteiger partial charge in [-0.1, -0.05) is 6.07 Å². The Balaban J connectivity index is 2.22. The molecule has 0 bridgehead atoms. The van der Waals surface area contributed by atoms with Gasteiger partial charge in [-0.3, -0.25) is 0 Å². The first-order valence-electron chi connectivity index (χ1n) is 5.20. The Morgan fingerprint density at radius 1 is 1.22 bits per heavy atom. The molecule has 2 aromatic rings. The molecule has 0 unspecified atom stereocenters. The lowest BCUT2D eigenvalue weighted by atomic mass is 10.1. The number of alkyl halides is 3. The summed E-state index contributed by atoms with van der Waals surface area (Å²) in [6.07, 6.45) is -4.41. The number of hydrogen-bond acceptors (Lipinski definition) is 3. The zero-order valence-electron chi connectivity index (χ0n) is 9.29. The number of thiophene rings is 1. The van der Waals surface area contributed by atoms with Crippen molar-refractivity contribution >= 4 is 22.7 Å². The molecule has 1 heterocycles. The molecular formula is C12H11F3N2S. The Morgan fingerprint density at radius 3 is 2.61 bits per heavy atom. The van der Waals surface area contributed by atoms with Crippen LogP contribution in [0.15, 0.2) is 35.7 Å². The second kappa shape index (κ2) is 4.89. The van der Waals surface area contributed by atoms with E-state index in [1.165, 1.54) is 23.5 Å². The quantitative estimate of drug-likeness (QED) is 0.830. The summed E-state index contributed by atoms with van der Waals surface area (Å²) in [7, 11) is 0. The Bertz CT molecular complexity index is 521. The van der Waals surface area contributed by atoms with Gasteiger partial charge in [-0.2, -0.15) is 13.2 Å². The van der Waals surface area contributed by atoms with E-state index in [1.54, 1.807) is 0 Å². The Kier molecular flexibility index (Phi) is 3.47. The highest BCUT2D eigenvalue weighted by atomic mass is 32.1. The molecule has 1 aromatic heterocycles. The van der Waals surface area contributed by atoms with Gasteiger partial charge in [0.15, 0.2) is 0 Å². The predicted molar refractivity (Wildman–Crippen MR) is 67.5 cm³/mol. The Hall–Kier alpha value is -1.69. The molecule has 0 saturated heterocycles. The first kappa shape index (κ1) is 12.8. The standard InChI is InChI=1S/C12H11F3N2S/c13-12(14,15)10-6-8(16)3-4-11(10)17-7-9-2-1-5-18-9/h1-6,17H,7,16H2. The lowest BCUT2D eigenvalue weighted by Gasteiger charge is -2.14. The third-order valence-corrected chi connectivity index (χ3v) is 3.26. The first-order valence-corrected chi connectivity index (χ1v) is 6.08. The van der Waals surface area contributed by atoms with Gasteiger partial charge >= 0.3 is 6.18 Å². The van der Waals surface area contributed by atoms with Crippen LogP contribution in [0.2, 0.25) is 0 Å². The van der Waals surface area contributed by atoms with E-state index in [2.05, 4.69) is 5.32 Å². The van der Waals surface area contributed by atoms with Crippen LogP contribution in [-0.4, -0.2) is 0 Å². The summed E-state index contributed by atoms with van der Waals surface area (Å²) >= 11 is 1.49. The van der Waals surface area contributed by atoms with Crippen LogP contribution in [0.1, 0.15) is 10.4 Å². The molecule has 3 N–H and O–H groups in total. The van der Waals surface area contributed by atoms with Crippen LogP contribution in [-0.2, 0) is 12.7 Å². The van der Waals surface area contributed by atoms with Gasteiger partial charge in [-0.15, -0.1) is 11.3 Å². The monoisotopic (exact) mass is 272 g/mol. The number of nitrogens with one attached hydrogen (secondary N) is 1. The molecule has 2 nitrogen and oxygen atoms in total. The molecule has 18 heavy (non-hydrogen) atoms. The largest absolute Gasteiger partial charge is 0.418 e. The van der Waals surface area contributed by atoms with E-state index in [1.807, 2.05) is 17.5 Å². The number of nitrogen functional groups attached to an aromatic ring is 1. The maximum atomic E-state index is 12.8. The topological polar surface area (TPSA) is 38.0 Å². The summed E-state index contributed by atoms with van der Waals surface area (Å²) in [5, 5.41) is 4.66. The van der Waals surface area contributed by atoms with Crippen LogP contribution in [0.4, 0.5) is 24.5 Å². The molecule has 0 aliphatic heterocycles. The van der Waals surface area contributed by atoms with Gasteiger partial charge in [-0.25, -0.2) is 0 Å². The van der Waals surface area contributed by atoms with Crippen LogP contribution in [0.3, 0.4) is 0 Å². The third-order valence-electron chi connectivity index (χ3n) is 2.38. The van der Waals surface area contributed by atoms with E-state index in [0.717, 1.165) is 10.9 Å². The van der Waals surface area contributed by atoms with Crippen molar-refractivity contribution < 1.29 is 13.2 Å². The number of rotatable bonds is 3. The van der Waals surface area contributed by atoms with E-state index in [0.29, 0.717) is 6.54 Å². The number of halogens is 3. The predicted octanol–water partition coefficient (Wildman–Crippen LogP) is 3.96. The van der Waals surface area contributed by atoms with Crippen LogP contribution in [0, 0.1) is 0 Å². The molecule has 2 rings (SSSR count). The summed E-state index contributed by atoms with van der Waals surface area (Å²) in [6, 6.07) is 7.46. The molecule has 0 radical (unpaired) electrons. The average molecular weight is 272 g/mol. The molecule has 96 valence electrons. The average Bonchev–Trinajstić information content (AvgIpc) is 2.79. The van der Waals surface area contributed by atoms with Gasteiger partial charge in [0.2, 0.25) is 0 Å². The van der Waals surface area contributed by atoms with Gasteiger partial charge in [0.1, 0.15) is 0 Å². The van der Waals surface area contributed by atoms with Crippen molar-refractivity contribution in [2.45, 2.75) is 12.7 Å². The van der Waals surface area contributed by atoms with Crippen molar-refractivity contribution in [3.8, 4) is 0 Å². The minimum absolute atomic E-state index is 0.0464. The number of anilines is 2. The molecule has 0 aliphatic carbocycles. The highest BCUT2D eigenvalue weighted by Crippen LogP contribution is 2.36. The van der Waals surface area contributed by atoms with Crippen molar-refractivity contribution in [2.75, 3.05) is 11.1 Å². The molecule has 0 atom stereocenters. The third kappa shape index (κ3) is 2.95. The second-order valence-electron chi connectivity index (χ2n) is 3.74. The maximum absolute atomic E-state index is 12.8. The minimum atomic E-state index is -4.41. The molecule has 6 heteroatoms. The number of nitrogens with two attached hydrogens (primary N) is 1. The molecule has 0 amide bonds. The van der Waals surface area contributed by atoms with Crippen LogP contribution >= 0.6 is 11.3 Å². The molecule has 0 saturated carbocycles. The normalized spacial score (nSPS) is 11.5.